The number of halogens is 2. The SMILES string of the molecule is O=S(=O)(Nc1ccc(Oc2cccc3cccnc23)c(Cl)c1)c1ccc(Cl)cc1. The average Bonchev–Trinajstić information content (AvgIpc) is 2.70. The van der Waals surface area contributed by atoms with Crippen LogP contribution in [-0.4, -0.2) is 13.4 Å². The van der Waals surface area contributed by atoms with E-state index in [9.17, 15) is 8.42 Å². The van der Waals surface area contributed by atoms with Crippen LogP contribution in [0.4, 0.5) is 5.69 Å². The number of ether oxygens (including phenoxy) is 1. The molecule has 5 nitrogen and oxygen atoms in total. The molecule has 1 aromatic heterocycles. The van der Waals surface area contributed by atoms with Crippen molar-refractivity contribution >= 4 is 49.8 Å². The molecule has 0 bridgehead atoms. The Bertz CT molecular complexity index is 1290. The topological polar surface area (TPSA) is 68.3 Å². The lowest BCUT2D eigenvalue weighted by molar-refractivity contribution is 0.487. The van der Waals surface area contributed by atoms with E-state index in [2.05, 4.69) is 9.71 Å². The summed E-state index contributed by atoms with van der Waals surface area (Å²) in [5.41, 5.74) is 1.02. The molecule has 4 rings (SSSR count). The summed E-state index contributed by atoms with van der Waals surface area (Å²) in [5.74, 6) is 0.943. The fourth-order valence-electron chi connectivity index (χ4n) is 2.75. The van der Waals surface area contributed by atoms with Gasteiger partial charge in [0.15, 0.2) is 5.75 Å². The fraction of sp³-hybridized carbons (Fsp3) is 0. The summed E-state index contributed by atoms with van der Waals surface area (Å²) in [6.07, 6.45) is 1.69. The number of aromatic nitrogens is 1. The minimum atomic E-state index is -3.77. The minimum absolute atomic E-state index is 0.0974. The third-order valence-electron chi connectivity index (χ3n) is 4.12. The van der Waals surface area contributed by atoms with E-state index in [0.717, 1.165) is 5.39 Å². The minimum Gasteiger partial charge on any atom is -0.454 e. The number of nitrogens with zero attached hydrogens (tertiary/aromatic N) is 1. The molecule has 146 valence electrons. The molecule has 0 radical (unpaired) electrons. The molecule has 0 aliphatic heterocycles. The molecular weight excluding hydrogens is 431 g/mol. The predicted octanol–water partition coefficient (Wildman–Crippen LogP) is 6.13. The van der Waals surface area contributed by atoms with Crippen LogP contribution in [0.5, 0.6) is 11.5 Å². The quantitative estimate of drug-likeness (QED) is 0.401. The maximum Gasteiger partial charge on any atom is 0.261 e. The Labute approximate surface area is 177 Å². The van der Waals surface area contributed by atoms with Crippen molar-refractivity contribution in [3.8, 4) is 11.5 Å². The van der Waals surface area contributed by atoms with Crippen LogP contribution < -0.4 is 9.46 Å². The molecule has 0 aliphatic rings. The Morgan fingerprint density at radius 2 is 1.62 bits per heavy atom. The number of fused-ring (bicyclic) bond motifs is 1. The third-order valence-corrected chi connectivity index (χ3v) is 6.07. The van der Waals surface area contributed by atoms with E-state index in [1.54, 1.807) is 24.4 Å². The van der Waals surface area contributed by atoms with Crippen LogP contribution in [0.15, 0.2) is 83.9 Å². The van der Waals surface area contributed by atoms with E-state index in [1.807, 2.05) is 24.3 Å². The molecule has 1 heterocycles. The number of benzene rings is 3. The summed E-state index contributed by atoms with van der Waals surface area (Å²) < 4.78 is 33.4. The lowest BCUT2D eigenvalue weighted by atomic mass is 10.2. The van der Waals surface area contributed by atoms with Crippen LogP contribution in [0.25, 0.3) is 10.9 Å². The molecule has 0 unspecified atom stereocenters. The molecule has 1 N–H and O–H groups in total. The molecule has 29 heavy (non-hydrogen) atoms. The monoisotopic (exact) mass is 444 g/mol. The molecule has 0 atom stereocenters. The number of pyridine rings is 1. The molecule has 0 saturated carbocycles. The van der Waals surface area contributed by atoms with Crippen molar-refractivity contribution in [2.45, 2.75) is 4.90 Å². The maximum atomic E-state index is 12.5. The molecule has 0 amide bonds. The van der Waals surface area contributed by atoms with Crippen molar-refractivity contribution in [3.05, 3.63) is 89.0 Å². The first kappa shape index (κ1) is 19.5. The van der Waals surface area contributed by atoms with Crippen molar-refractivity contribution in [1.82, 2.24) is 4.98 Å². The van der Waals surface area contributed by atoms with Gasteiger partial charge in [0, 0.05) is 16.6 Å². The van der Waals surface area contributed by atoms with E-state index >= 15 is 0 Å². The second-order valence-corrected chi connectivity index (χ2v) is 8.66. The smallest absolute Gasteiger partial charge is 0.261 e. The number of hydrogen-bond donors (Lipinski definition) is 1. The van der Waals surface area contributed by atoms with Gasteiger partial charge in [0.2, 0.25) is 0 Å². The van der Waals surface area contributed by atoms with Crippen LogP contribution in [0.2, 0.25) is 10.0 Å². The second kappa shape index (κ2) is 7.91. The second-order valence-electron chi connectivity index (χ2n) is 6.14. The molecule has 3 aromatic carbocycles. The van der Waals surface area contributed by atoms with E-state index in [-0.39, 0.29) is 9.92 Å². The van der Waals surface area contributed by atoms with Gasteiger partial charge in [-0.2, -0.15) is 0 Å². The summed E-state index contributed by atoms with van der Waals surface area (Å²) in [6, 6.07) is 19.9. The van der Waals surface area contributed by atoms with Crippen LogP contribution in [0, 0.1) is 0 Å². The summed E-state index contributed by atoms with van der Waals surface area (Å²) in [7, 11) is -3.77. The summed E-state index contributed by atoms with van der Waals surface area (Å²) in [5, 5.41) is 1.65. The van der Waals surface area contributed by atoms with Crippen molar-refractivity contribution < 1.29 is 13.2 Å². The Balaban J connectivity index is 1.59. The molecule has 0 fully saturated rings. The highest BCUT2D eigenvalue weighted by atomic mass is 35.5. The zero-order valence-electron chi connectivity index (χ0n) is 14.8. The van der Waals surface area contributed by atoms with E-state index in [1.165, 1.54) is 30.3 Å². The highest BCUT2D eigenvalue weighted by Crippen LogP contribution is 2.34. The first-order chi connectivity index (χ1) is 13.9. The van der Waals surface area contributed by atoms with E-state index < -0.39 is 10.0 Å². The van der Waals surface area contributed by atoms with Gasteiger partial charge in [0.25, 0.3) is 10.0 Å². The zero-order valence-corrected chi connectivity index (χ0v) is 17.2. The van der Waals surface area contributed by atoms with Crippen molar-refractivity contribution in [3.63, 3.8) is 0 Å². The normalized spacial score (nSPS) is 11.4. The highest BCUT2D eigenvalue weighted by molar-refractivity contribution is 7.92. The predicted molar refractivity (Wildman–Crippen MR) is 116 cm³/mol. The number of nitrogens with one attached hydrogen (secondary N) is 1. The van der Waals surface area contributed by atoms with E-state index in [4.69, 9.17) is 27.9 Å². The molecule has 0 saturated heterocycles. The Kier molecular flexibility index (Phi) is 5.32. The van der Waals surface area contributed by atoms with E-state index in [0.29, 0.717) is 27.7 Å². The Morgan fingerprint density at radius 1 is 0.862 bits per heavy atom. The lowest BCUT2D eigenvalue weighted by Crippen LogP contribution is -2.12. The van der Waals surface area contributed by atoms with Gasteiger partial charge in [-0.3, -0.25) is 9.71 Å². The van der Waals surface area contributed by atoms with Crippen LogP contribution >= 0.6 is 23.2 Å². The van der Waals surface area contributed by atoms with Gasteiger partial charge in [-0.1, -0.05) is 41.4 Å². The average molecular weight is 445 g/mol. The van der Waals surface area contributed by atoms with Gasteiger partial charge < -0.3 is 4.74 Å². The third kappa shape index (κ3) is 4.29. The zero-order chi connectivity index (χ0) is 20.4. The summed E-state index contributed by atoms with van der Waals surface area (Å²) >= 11 is 12.1. The Morgan fingerprint density at radius 3 is 2.38 bits per heavy atom. The highest BCUT2D eigenvalue weighted by Gasteiger charge is 2.15. The molecule has 8 heteroatoms. The van der Waals surface area contributed by atoms with Gasteiger partial charge in [-0.05, 0) is 54.6 Å². The largest absolute Gasteiger partial charge is 0.454 e. The number of hydrogen-bond acceptors (Lipinski definition) is 4. The summed E-state index contributed by atoms with van der Waals surface area (Å²) in [4.78, 5) is 4.44. The maximum absolute atomic E-state index is 12.5. The number of rotatable bonds is 5. The van der Waals surface area contributed by atoms with Gasteiger partial charge in [0.1, 0.15) is 11.3 Å². The molecule has 0 spiro atoms. The van der Waals surface area contributed by atoms with Crippen LogP contribution in [0.1, 0.15) is 0 Å². The summed E-state index contributed by atoms with van der Waals surface area (Å²) in [6.45, 7) is 0. The van der Waals surface area contributed by atoms with Crippen molar-refractivity contribution in [1.29, 1.82) is 0 Å². The molecule has 4 aromatic rings. The van der Waals surface area contributed by atoms with Gasteiger partial charge >= 0.3 is 0 Å². The van der Waals surface area contributed by atoms with Crippen molar-refractivity contribution in [2.75, 3.05) is 4.72 Å². The number of para-hydroxylation sites is 1. The van der Waals surface area contributed by atoms with Gasteiger partial charge in [0.05, 0.1) is 15.6 Å². The number of sulfonamides is 1. The van der Waals surface area contributed by atoms with Crippen molar-refractivity contribution in [2.24, 2.45) is 0 Å². The fourth-order valence-corrected chi connectivity index (χ4v) is 4.15. The van der Waals surface area contributed by atoms with Crippen LogP contribution in [0.3, 0.4) is 0 Å². The lowest BCUT2D eigenvalue weighted by Gasteiger charge is -2.12. The first-order valence-corrected chi connectivity index (χ1v) is 10.8. The standard InChI is InChI=1S/C21H14Cl2N2O3S/c22-15-6-9-17(10-7-15)29(26,27)25-16-8-11-19(18(23)13-16)28-20-5-1-3-14-4-2-12-24-21(14)20/h1-13,25H. The number of anilines is 1. The first-order valence-electron chi connectivity index (χ1n) is 8.52. The van der Waals surface area contributed by atoms with Gasteiger partial charge in [-0.25, -0.2) is 8.42 Å². The molecule has 0 aliphatic carbocycles. The van der Waals surface area contributed by atoms with Gasteiger partial charge in [-0.15, -0.1) is 0 Å². The Hall–Kier alpha value is -2.80. The molecular formula is C21H14Cl2N2O3S. The van der Waals surface area contributed by atoms with Crippen LogP contribution in [-0.2, 0) is 10.0 Å².